The minimum Gasteiger partial charge on any atom is -0.323 e. The third-order valence-corrected chi connectivity index (χ3v) is 5.45. The number of sulfone groups is 1. The predicted molar refractivity (Wildman–Crippen MR) is 88.4 cm³/mol. The molecule has 0 heterocycles. The second kappa shape index (κ2) is 6.64. The van der Waals surface area contributed by atoms with Crippen LogP contribution in [0.15, 0.2) is 58.3 Å². The van der Waals surface area contributed by atoms with Crippen molar-refractivity contribution in [3.8, 4) is 0 Å². The van der Waals surface area contributed by atoms with Crippen molar-refractivity contribution in [1.82, 2.24) is 0 Å². The molecule has 112 valence electrons. The standard InChI is InChI=1S/C16H19NO2S2/c1-12-3-5-13(6-4-12)16(17)11-20-14-7-9-15(10-8-14)21(2,18)19/h3-10,16H,11,17H2,1-2H3. The monoisotopic (exact) mass is 321 g/mol. The minimum atomic E-state index is -3.13. The Morgan fingerprint density at radius 2 is 1.62 bits per heavy atom. The first kappa shape index (κ1) is 16.1. The summed E-state index contributed by atoms with van der Waals surface area (Å²) in [6.07, 6.45) is 1.21. The molecule has 0 aliphatic rings. The van der Waals surface area contributed by atoms with E-state index in [4.69, 9.17) is 5.73 Å². The Labute approximate surface area is 130 Å². The number of thioether (sulfide) groups is 1. The zero-order chi connectivity index (χ0) is 15.5. The van der Waals surface area contributed by atoms with E-state index < -0.39 is 9.84 Å². The molecule has 0 spiro atoms. The van der Waals surface area contributed by atoms with Crippen LogP contribution in [0.25, 0.3) is 0 Å². The number of hydrogen-bond donors (Lipinski definition) is 1. The highest BCUT2D eigenvalue weighted by Crippen LogP contribution is 2.24. The number of hydrogen-bond acceptors (Lipinski definition) is 4. The van der Waals surface area contributed by atoms with Crippen LogP contribution in [0, 0.1) is 6.92 Å². The van der Waals surface area contributed by atoms with Gasteiger partial charge in [0, 0.05) is 22.9 Å². The Morgan fingerprint density at radius 3 is 2.14 bits per heavy atom. The van der Waals surface area contributed by atoms with E-state index in [1.54, 1.807) is 23.9 Å². The van der Waals surface area contributed by atoms with Crippen molar-refractivity contribution in [3.05, 3.63) is 59.7 Å². The summed E-state index contributed by atoms with van der Waals surface area (Å²) in [5.74, 6) is 0.751. The van der Waals surface area contributed by atoms with E-state index in [1.807, 2.05) is 31.2 Å². The molecular weight excluding hydrogens is 302 g/mol. The fraction of sp³-hybridized carbons (Fsp3) is 0.250. The van der Waals surface area contributed by atoms with Crippen LogP contribution in [-0.2, 0) is 9.84 Å². The molecule has 2 aromatic rings. The van der Waals surface area contributed by atoms with Gasteiger partial charge in [0.2, 0.25) is 0 Å². The van der Waals surface area contributed by atoms with Crippen molar-refractivity contribution in [1.29, 1.82) is 0 Å². The molecule has 0 radical (unpaired) electrons. The van der Waals surface area contributed by atoms with Crippen LogP contribution in [0.5, 0.6) is 0 Å². The Bertz CT molecular complexity index is 692. The molecule has 3 nitrogen and oxygen atoms in total. The van der Waals surface area contributed by atoms with Gasteiger partial charge in [0.1, 0.15) is 0 Å². The highest BCUT2D eigenvalue weighted by molar-refractivity contribution is 7.99. The van der Waals surface area contributed by atoms with Gasteiger partial charge in [0.15, 0.2) is 9.84 Å². The average molecular weight is 321 g/mol. The van der Waals surface area contributed by atoms with Crippen molar-refractivity contribution in [3.63, 3.8) is 0 Å². The Hall–Kier alpha value is -1.30. The second-order valence-electron chi connectivity index (χ2n) is 5.07. The molecule has 0 fully saturated rings. The quantitative estimate of drug-likeness (QED) is 0.859. The molecule has 2 aromatic carbocycles. The first-order chi connectivity index (χ1) is 9.86. The van der Waals surface area contributed by atoms with Crippen molar-refractivity contribution in [2.45, 2.75) is 22.8 Å². The molecule has 0 aliphatic carbocycles. The summed E-state index contributed by atoms with van der Waals surface area (Å²) in [4.78, 5) is 1.36. The van der Waals surface area contributed by atoms with Gasteiger partial charge in [-0.3, -0.25) is 0 Å². The lowest BCUT2D eigenvalue weighted by Gasteiger charge is -2.12. The predicted octanol–water partition coefficient (Wildman–Crippen LogP) is 3.19. The molecule has 2 rings (SSSR count). The molecule has 5 heteroatoms. The topological polar surface area (TPSA) is 60.2 Å². The van der Waals surface area contributed by atoms with Crippen LogP contribution in [0.1, 0.15) is 17.2 Å². The maximum Gasteiger partial charge on any atom is 0.175 e. The minimum absolute atomic E-state index is 0.0369. The largest absolute Gasteiger partial charge is 0.323 e. The zero-order valence-corrected chi connectivity index (χ0v) is 13.7. The van der Waals surface area contributed by atoms with Crippen LogP contribution in [0.4, 0.5) is 0 Å². The van der Waals surface area contributed by atoms with Gasteiger partial charge in [-0.05, 0) is 36.8 Å². The smallest absolute Gasteiger partial charge is 0.175 e. The molecule has 1 atom stereocenters. The summed E-state index contributed by atoms with van der Waals surface area (Å²) >= 11 is 1.63. The van der Waals surface area contributed by atoms with E-state index in [1.165, 1.54) is 11.8 Å². The first-order valence-electron chi connectivity index (χ1n) is 6.61. The van der Waals surface area contributed by atoms with E-state index in [-0.39, 0.29) is 6.04 Å². The molecule has 0 saturated carbocycles. The van der Waals surface area contributed by atoms with Gasteiger partial charge in [-0.15, -0.1) is 11.8 Å². The van der Waals surface area contributed by atoms with Gasteiger partial charge in [0.05, 0.1) is 4.90 Å². The number of rotatable bonds is 5. The molecular formula is C16H19NO2S2. The maximum atomic E-state index is 11.4. The first-order valence-corrected chi connectivity index (χ1v) is 9.49. The molecule has 2 N–H and O–H groups in total. The van der Waals surface area contributed by atoms with Crippen molar-refractivity contribution < 1.29 is 8.42 Å². The maximum absolute atomic E-state index is 11.4. The van der Waals surface area contributed by atoms with Gasteiger partial charge in [-0.1, -0.05) is 29.8 Å². The SMILES string of the molecule is Cc1ccc(C(N)CSc2ccc(S(C)(=O)=O)cc2)cc1. The van der Waals surface area contributed by atoms with Crippen LogP contribution in [0.3, 0.4) is 0 Å². The van der Waals surface area contributed by atoms with Crippen LogP contribution in [-0.4, -0.2) is 20.4 Å². The van der Waals surface area contributed by atoms with E-state index in [0.29, 0.717) is 4.90 Å². The molecule has 21 heavy (non-hydrogen) atoms. The molecule has 1 unspecified atom stereocenters. The summed E-state index contributed by atoms with van der Waals surface area (Å²) in [6, 6.07) is 15.1. The number of aryl methyl sites for hydroxylation is 1. The van der Waals surface area contributed by atoms with Crippen molar-refractivity contribution in [2.75, 3.05) is 12.0 Å². The fourth-order valence-corrected chi connectivity index (χ4v) is 3.40. The summed E-state index contributed by atoms with van der Waals surface area (Å²) in [5, 5.41) is 0. The summed E-state index contributed by atoms with van der Waals surface area (Å²) in [7, 11) is -3.13. The van der Waals surface area contributed by atoms with E-state index >= 15 is 0 Å². The van der Waals surface area contributed by atoms with Gasteiger partial charge in [0.25, 0.3) is 0 Å². The zero-order valence-electron chi connectivity index (χ0n) is 12.1. The molecule has 0 saturated heterocycles. The summed E-state index contributed by atoms with van der Waals surface area (Å²) in [5.41, 5.74) is 8.50. The number of nitrogens with two attached hydrogens (primary N) is 1. The lowest BCUT2D eigenvalue weighted by atomic mass is 10.1. The highest BCUT2D eigenvalue weighted by atomic mass is 32.2. The third kappa shape index (κ3) is 4.59. The lowest BCUT2D eigenvalue weighted by Crippen LogP contribution is -2.12. The van der Waals surface area contributed by atoms with Crippen LogP contribution >= 0.6 is 11.8 Å². The van der Waals surface area contributed by atoms with Crippen LogP contribution in [0.2, 0.25) is 0 Å². The van der Waals surface area contributed by atoms with Crippen LogP contribution < -0.4 is 5.73 Å². The molecule has 0 aromatic heterocycles. The van der Waals surface area contributed by atoms with Crippen molar-refractivity contribution in [2.24, 2.45) is 5.73 Å². The Balaban J connectivity index is 1.98. The number of benzene rings is 2. The Kier molecular flexibility index (Phi) is 5.08. The van der Waals surface area contributed by atoms with E-state index in [2.05, 4.69) is 12.1 Å². The summed E-state index contributed by atoms with van der Waals surface area (Å²) in [6.45, 7) is 2.05. The summed E-state index contributed by atoms with van der Waals surface area (Å²) < 4.78 is 22.8. The molecule has 0 aliphatic heterocycles. The average Bonchev–Trinajstić information content (AvgIpc) is 2.45. The van der Waals surface area contributed by atoms with Gasteiger partial charge in [-0.25, -0.2) is 8.42 Å². The van der Waals surface area contributed by atoms with Crippen molar-refractivity contribution >= 4 is 21.6 Å². The second-order valence-corrected chi connectivity index (χ2v) is 8.18. The molecule has 0 amide bonds. The molecule has 0 bridgehead atoms. The third-order valence-electron chi connectivity index (χ3n) is 3.19. The van der Waals surface area contributed by atoms with E-state index in [9.17, 15) is 8.42 Å². The Morgan fingerprint density at radius 1 is 1.05 bits per heavy atom. The van der Waals surface area contributed by atoms with Gasteiger partial charge < -0.3 is 5.73 Å². The van der Waals surface area contributed by atoms with Gasteiger partial charge in [-0.2, -0.15) is 0 Å². The normalized spacial score (nSPS) is 13.1. The van der Waals surface area contributed by atoms with E-state index in [0.717, 1.165) is 16.2 Å². The fourth-order valence-electron chi connectivity index (χ4n) is 1.88. The van der Waals surface area contributed by atoms with Gasteiger partial charge >= 0.3 is 0 Å². The lowest BCUT2D eigenvalue weighted by molar-refractivity contribution is 0.602. The highest BCUT2D eigenvalue weighted by Gasteiger charge is 2.09.